The molecule has 1 heterocycles. The summed E-state index contributed by atoms with van der Waals surface area (Å²) in [5, 5.41) is 13.4. The molecule has 0 spiro atoms. The lowest BCUT2D eigenvalue weighted by atomic mass is 10.2. The average Bonchev–Trinajstić information content (AvgIpc) is 2.67. The Balaban J connectivity index is 1.94. The number of anilines is 1. The van der Waals surface area contributed by atoms with E-state index in [1.165, 1.54) is 0 Å². The lowest BCUT2D eigenvalue weighted by molar-refractivity contribution is -0.387. The zero-order valence-electron chi connectivity index (χ0n) is 14.5. The number of aromatic amines is 1. The first-order chi connectivity index (χ1) is 13.8. The third-order valence-corrected chi connectivity index (χ3v) is 4.36. The fraction of sp³-hybridized carbons (Fsp3) is 0.0556. The summed E-state index contributed by atoms with van der Waals surface area (Å²) in [4.78, 5) is 49.3. The molecule has 0 aliphatic carbocycles. The number of aromatic nitrogens is 2. The van der Waals surface area contributed by atoms with Crippen LogP contribution in [0.3, 0.4) is 0 Å². The van der Waals surface area contributed by atoms with Gasteiger partial charge in [0.1, 0.15) is 5.56 Å². The number of nitro groups is 1. The fourth-order valence-electron chi connectivity index (χ4n) is 2.54. The summed E-state index contributed by atoms with van der Waals surface area (Å²) in [6, 6.07) is 9.32. The minimum atomic E-state index is -1.07. The van der Waals surface area contributed by atoms with Gasteiger partial charge in [0.05, 0.1) is 11.5 Å². The molecule has 148 valence electrons. The highest BCUT2D eigenvalue weighted by atomic mass is 35.5. The highest BCUT2D eigenvalue weighted by Crippen LogP contribution is 2.22. The van der Waals surface area contributed by atoms with Crippen molar-refractivity contribution < 1.29 is 14.1 Å². The molecule has 3 aromatic rings. The Hall–Kier alpha value is -3.79. The smallest absolute Gasteiger partial charge is 0.322 e. The molecule has 0 saturated heterocycles. The van der Waals surface area contributed by atoms with E-state index < -0.39 is 39.1 Å². The highest BCUT2D eigenvalue weighted by molar-refractivity contribution is 6.31. The van der Waals surface area contributed by atoms with E-state index in [0.717, 1.165) is 29.0 Å². The molecule has 0 fully saturated rings. The van der Waals surface area contributed by atoms with Crippen molar-refractivity contribution in [1.29, 1.82) is 0 Å². The van der Waals surface area contributed by atoms with Crippen LogP contribution < -0.4 is 16.6 Å². The molecule has 29 heavy (non-hydrogen) atoms. The average molecular weight is 419 g/mol. The molecule has 0 unspecified atom stereocenters. The largest absolute Gasteiger partial charge is 0.328 e. The van der Waals surface area contributed by atoms with Crippen molar-refractivity contribution in [3.05, 3.63) is 102 Å². The molecule has 0 aliphatic rings. The van der Waals surface area contributed by atoms with Gasteiger partial charge in [-0.1, -0.05) is 29.8 Å². The first-order valence-electron chi connectivity index (χ1n) is 8.09. The zero-order chi connectivity index (χ0) is 21.1. The van der Waals surface area contributed by atoms with Gasteiger partial charge < -0.3 is 10.3 Å². The van der Waals surface area contributed by atoms with Crippen molar-refractivity contribution >= 4 is 28.9 Å². The highest BCUT2D eigenvalue weighted by Gasteiger charge is 2.19. The van der Waals surface area contributed by atoms with Gasteiger partial charge in [0.15, 0.2) is 0 Å². The van der Waals surface area contributed by atoms with Crippen molar-refractivity contribution in [3.63, 3.8) is 0 Å². The van der Waals surface area contributed by atoms with Crippen LogP contribution in [0, 0.1) is 15.9 Å². The molecule has 0 saturated carbocycles. The number of halogens is 2. The molecule has 3 rings (SSSR count). The van der Waals surface area contributed by atoms with Crippen molar-refractivity contribution in [1.82, 2.24) is 9.55 Å². The van der Waals surface area contributed by atoms with Crippen molar-refractivity contribution in [2.45, 2.75) is 6.54 Å². The summed E-state index contributed by atoms with van der Waals surface area (Å²) < 4.78 is 14.2. The summed E-state index contributed by atoms with van der Waals surface area (Å²) in [5.74, 6) is -2.00. The van der Waals surface area contributed by atoms with Gasteiger partial charge in [-0.05, 0) is 23.8 Å². The number of rotatable bonds is 5. The van der Waals surface area contributed by atoms with Gasteiger partial charge in [0, 0.05) is 23.0 Å². The fourth-order valence-corrected chi connectivity index (χ4v) is 2.74. The van der Waals surface area contributed by atoms with Gasteiger partial charge in [-0.3, -0.25) is 24.3 Å². The third kappa shape index (κ3) is 4.22. The Morgan fingerprint density at radius 1 is 1.24 bits per heavy atom. The molecule has 2 aromatic carbocycles. The van der Waals surface area contributed by atoms with Gasteiger partial charge in [0.2, 0.25) is 5.82 Å². The van der Waals surface area contributed by atoms with Gasteiger partial charge in [-0.25, -0.2) is 4.79 Å². The first-order valence-corrected chi connectivity index (χ1v) is 8.47. The van der Waals surface area contributed by atoms with Crippen LogP contribution in [0.5, 0.6) is 0 Å². The molecule has 1 amide bonds. The standard InChI is InChI=1S/C18H12ClFN4O5/c19-13-4-2-1-3-10(13)9-23-17(26)12(8-21-18(23)27)16(25)22-11-5-6-14(20)15(7-11)24(28)29/h1-8H,9H2,(H,21,27)(H,22,25). The number of nitrogens with one attached hydrogen (secondary N) is 2. The summed E-state index contributed by atoms with van der Waals surface area (Å²) in [6.07, 6.45) is 0.932. The maximum atomic E-state index is 13.4. The predicted molar refractivity (Wildman–Crippen MR) is 103 cm³/mol. The van der Waals surface area contributed by atoms with E-state index in [2.05, 4.69) is 10.3 Å². The monoisotopic (exact) mass is 418 g/mol. The number of H-pyrrole nitrogens is 1. The number of benzene rings is 2. The molecule has 9 nitrogen and oxygen atoms in total. The molecule has 2 N–H and O–H groups in total. The van der Waals surface area contributed by atoms with Gasteiger partial charge in [-0.2, -0.15) is 4.39 Å². The van der Waals surface area contributed by atoms with E-state index in [1.54, 1.807) is 24.3 Å². The first kappa shape index (κ1) is 20.0. The second kappa shape index (κ2) is 8.07. The lowest BCUT2D eigenvalue weighted by Crippen LogP contribution is -2.39. The van der Waals surface area contributed by atoms with E-state index in [1.807, 2.05) is 0 Å². The molecular formula is C18H12ClFN4O5. The number of amides is 1. The number of nitro benzene ring substituents is 1. The van der Waals surface area contributed by atoms with Crippen molar-refractivity contribution in [2.24, 2.45) is 0 Å². The minimum absolute atomic E-state index is 0.0913. The van der Waals surface area contributed by atoms with Crippen molar-refractivity contribution in [2.75, 3.05) is 5.32 Å². The van der Waals surface area contributed by atoms with Gasteiger partial charge in [0.25, 0.3) is 11.5 Å². The topological polar surface area (TPSA) is 127 Å². The summed E-state index contributed by atoms with van der Waals surface area (Å²) in [7, 11) is 0. The van der Waals surface area contributed by atoms with E-state index in [-0.39, 0.29) is 12.2 Å². The van der Waals surface area contributed by atoms with E-state index in [4.69, 9.17) is 11.6 Å². The Morgan fingerprint density at radius 2 is 1.97 bits per heavy atom. The van der Waals surface area contributed by atoms with Crippen LogP contribution in [0.15, 0.2) is 58.3 Å². The van der Waals surface area contributed by atoms with Crippen LogP contribution in [0.25, 0.3) is 0 Å². The van der Waals surface area contributed by atoms with E-state index in [9.17, 15) is 28.9 Å². The quantitative estimate of drug-likeness (QED) is 0.486. The molecule has 0 bridgehead atoms. The number of nitrogens with zero attached hydrogens (tertiary/aromatic N) is 2. The molecular weight excluding hydrogens is 407 g/mol. The Kier molecular flexibility index (Phi) is 5.55. The number of carbonyl (C=O) groups is 1. The maximum absolute atomic E-state index is 13.4. The summed E-state index contributed by atoms with van der Waals surface area (Å²) in [5.41, 5.74) is -2.48. The normalized spacial score (nSPS) is 10.6. The molecule has 0 atom stereocenters. The van der Waals surface area contributed by atoms with E-state index in [0.29, 0.717) is 10.6 Å². The SMILES string of the molecule is O=C(Nc1ccc(F)c([N+](=O)[O-])c1)c1c[nH]c(=O)n(Cc2ccccc2Cl)c1=O. The Labute approximate surface area is 166 Å². The molecule has 11 heteroatoms. The van der Waals surface area contributed by atoms with Crippen LogP contribution in [-0.4, -0.2) is 20.4 Å². The maximum Gasteiger partial charge on any atom is 0.328 e. The van der Waals surface area contributed by atoms with Crippen LogP contribution in [-0.2, 0) is 6.54 Å². The third-order valence-electron chi connectivity index (χ3n) is 3.99. The Bertz CT molecular complexity index is 1240. The number of hydrogen-bond acceptors (Lipinski definition) is 5. The van der Waals surface area contributed by atoms with Crippen LogP contribution in [0.4, 0.5) is 15.8 Å². The number of carbonyl (C=O) groups excluding carboxylic acids is 1. The predicted octanol–water partition coefficient (Wildman–Crippen LogP) is 2.54. The Morgan fingerprint density at radius 3 is 2.66 bits per heavy atom. The number of hydrogen-bond donors (Lipinski definition) is 2. The lowest BCUT2D eigenvalue weighted by Gasteiger charge is -2.09. The summed E-state index contributed by atoms with van der Waals surface area (Å²) in [6.45, 7) is -0.170. The van der Waals surface area contributed by atoms with Gasteiger partial charge in [-0.15, -0.1) is 0 Å². The molecule has 0 aliphatic heterocycles. The minimum Gasteiger partial charge on any atom is -0.322 e. The van der Waals surface area contributed by atoms with E-state index >= 15 is 0 Å². The van der Waals surface area contributed by atoms with Gasteiger partial charge >= 0.3 is 11.4 Å². The summed E-state index contributed by atoms with van der Waals surface area (Å²) >= 11 is 6.05. The molecule has 0 radical (unpaired) electrons. The van der Waals surface area contributed by atoms with Crippen LogP contribution in [0.2, 0.25) is 5.02 Å². The second-order valence-electron chi connectivity index (χ2n) is 5.87. The molecule has 1 aromatic heterocycles. The van der Waals surface area contributed by atoms with Crippen LogP contribution in [0.1, 0.15) is 15.9 Å². The van der Waals surface area contributed by atoms with Crippen LogP contribution >= 0.6 is 11.6 Å². The zero-order valence-corrected chi connectivity index (χ0v) is 15.3. The second-order valence-corrected chi connectivity index (χ2v) is 6.27. The van der Waals surface area contributed by atoms with Crippen molar-refractivity contribution in [3.8, 4) is 0 Å².